The van der Waals surface area contributed by atoms with Gasteiger partial charge >= 0.3 is 176 Å². The first-order valence-electron chi connectivity index (χ1n) is 14.1. The molecule has 206 valence electrons. The Bertz CT molecular complexity index is 566. The fourth-order valence-electron chi connectivity index (χ4n) is 3.75. The molecule has 0 unspecified atom stereocenters. The monoisotopic (exact) mass is 534 g/mol. The molecule has 0 aromatic heterocycles. The van der Waals surface area contributed by atoms with Gasteiger partial charge in [-0.25, -0.2) is 0 Å². The van der Waals surface area contributed by atoms with Crippen LogP contribution in [0.25, 0.3) is 0 Å². The second-order valence-corrected chi connectivity index (χ2v) is 13.1. The molecule has 0 aliphatic carbocycles. The molecule has 0 N–H and O–H groups in total. The van der Waals surface area contributed by atoms with Crippen LogP contribution in [0, 0.1) is 0 Å². The van der Waals surface area contributed by atoms with Crippen LogP contribution in [0.15, 0.2) is 12.2 Å². The zero-order valence-electron chi connectivity index (χ0n) is 23.6. The van der Waals surface area contributed by atoms with Gasteiger partial charge in [0.1, 0.15) is 0 Å². The van der Waals surface area contributed by atoms with Gasteiger partial charge in [0.15, 0.2) is 0 Å². The van der Waals surface area contributed by atoms with Gasteiger partial charge in [0.05, 0.1) is 0 Å². The molecule has 0 heterocycles. The first-order valence-corrected chi connectivity index (χ1v) is 16.6. The summed E-state index contributed by atoms with van der Waals surface area (Å²) in [4.78, 5) is 24.7. The molecule has 0 fully saturated rings. The number of hydrogen-bond donors (Lipinski definition) is 0. The van der Waals surface area contributed by atoms with Gasteiger partial charge in [0, 0.05) is 0 Å². The van der Waals surface area contributed by atoms with Crippen molar-refractivity contribution >= 4 is 11.9 Å². The van der Waals surface area contributed by atoms with Gasteiger partial charge in [-0.15, -0.1) is 0 Å². The summed E-state index contributed by atoms with van der Waals surface area (Å²) in [5.41, 5.74) is 0.207. The quantitative estimate of drug-likeness (QED) is 0.0743. The van der Waals surface area contributed by atoms with E-state index < -0.39 is 30.1 Å². The Labute approximate surface area is 221 Å². The van der Waals surface area contributed by atoms with Crippen LogP contribution < -0.4 is 0 Å². The van der Waals surface area contributed by atoms with E-state index in [1.165, 1.54) is 84.0 Å². The summed E-state index contributed by atoms with van der Waals surface area (Å²) in [7, 11) is 0. The number of carbonyl (C=O) groups excluding carboxylic acids is 2. The molecule has 0 spiro atoms. The van der Waals surface area contributed by atoms with Crippen molar-refractivity contribution in [3.8, 4) is 0 Å². The van der Waals surface area contributed by atoms with Crippen molar-refractivity contribution in [2.24, 2.45) is 0 Å². The molecule has 0 aromatic rings. The Morgan fingerprint density at radius 1 is 0.657 bits per heavy atom. The van der Waals surface area contributed by atoms with Crippen molar-refractivity contribution in [2.45, 2.75) is 156 Å². The molecular formula is C28H54O6Ti. The van der Waals surface area contributed by atoms with Gasteiger partial charge in [0.25, 0.3) is 0 Å². The average Bonchev–Trinajstić information content (AvgIpc) is 2.75. The second-order valence-electron chi connectivity index (χ2n) is 10.2. The topological polar surface area (TPSA) is 71.1 Å². The van der Waals surface area contributed by atoms with Crippen molar-refractivity contribution in [3.05, 3.63) is 12.2 Å². The predicted molar refractivity (Wildman–Crippen MR) is 139 cm³/mol. The van der Waals surface area contributed by atoms with Gasteiger partial charge in [0.2, 0.25) is 0 Å². The Morgan fingerprint density at radius 3 is 1.37 bits per heavy atom. The number of unbranched alkanes of at least 4 members (excludes halogenated alkanes) is 14. The van der Waals surface area contributed by atoms with Crippen molar-refractivity contribution in [3.63, 3.8) is 0 Å². The third-order valence-corrected chi connectivity index (χ3v) is 9.35. The van der Waals surface area contributed by atoms with Gasteiger partial charge < -0.3 is 0 Å². The fourth-order valence-corrected chi connectivity index (χ4v) is 7.23. The van der Waals surface area contributed by atoms with Crippen LogP contribution in [0.4, 0.5) is 0 Å². The normalized spacial score (nSPS) is 11.8. The number of carbonyl (C=O) groups is 2. The summed E-state index contributed by atoms with van der Waals surface area (Å²) in [6.07, 6.45) is 18.6. The maximum absolute atomic E-state index is 12.6. The second kappa shape index (κ2) is 21.4. The molecular weight excluding hydrogens is 480 g/mol. The number of rotatable bonds is 23. The van der Waals surface area contributed by atoms with Crippen LogP contribution >= 0.6 is 0 Å². The number of hydrogen-bond acceptors (Lipinski definition) is 6. The van der Waals surface area contributed by atoms with Gasteiger partial charge in [-0.2, -0.15) is 0 Å². The minimum absolute atomic E-state index is 0.207. The molecule has 0 rings (SSSR count). The van der Waals surface area contributed by atoms with Crippen LogP contribution in [0.1, 0.15) is 144 Å². The zero-order chi connectivity index (χ0) is 26.5. The van der Waals surface area contributed by atoms with E-state index in [0.29, 0.717) is 0 Å². The Kier molecular flexibility index (Phi) is 21.0. The molecule has 0 bridgehead atoms. The molecule has 0 saturated carbocycles. The first kappa shape index (κ1) is 34.3. The van der Waals surface area contributed by atoms with Gasteiger partial charge in [-0.1, -0.05) is 45.4 Å². The third-order valence-electron chi connectivity index (χ3n) is 5.55. The molecule has 0 radical (unpaired) electrons. The van der Waals surface area contributed by atoms with E-state index in [1.807, 2.05) is 0 Å². The third kappa shape index (κ3) is 20.1. The van der Waals surface area contributed by atoms with E-state index >= 15 is 0 Å². The minimum atomic E-state index is -4.60. The summed E-state index contributed by atoms with van der Waals surface area (Å²) >= 11 is -4.60. The van der Waals surface area contributed by atoms with Crippen molar-refractivity contribution in [1.82, 2.24) is 0 Å². The molecule has 0 atom stereocenters. The van der Waals surface area contributed by atoms with E-state index in [2.05, 4.69) is 13.5 Å². The van der Waals surface area contributed by atoms with Crippen LogP contribution in [-0.4, -0.2) is 24.1 Å². The van der Waals surface area contributed by atoms with Crippen LogP contribution in [0.2, 0.25) is 0 Å². The predicted octanol–water partition coefficient (Wildman–Crippen LogP) is 8.57. The standard InChI is InChI=1S/C18H36O2.C4H6O2.2C3H7O.Ti/c1-2-3-4-5-6-7-8-9-10-11-12-13-14-15-16-17-18(19)20;1-3(2)4(5)6;2*1-3(2)4;/h2-17H2,1H3,(H,19,20);1H2,2H3,(H,5,6);2*3H,1-2H3;/q;;2*-1;+4/p-2. The Morgan fingerprint density at radius 2 is 1.03 bits per heavy atom. The molecule has 0 aromatic carbocycles. The molecule has 35 heavy (non-hydrogen) atoms. The maximum atomic E-state index is 12.6. The van der Waals surface area contributed by atoms with E-state index in [4.69, 9.17) is 13.3 Å². The first-order chi connectivity index (χ1) is 16.6. The molecule has 0 aliphatic heterocycles. The SMILES string of the molecule is C=C(C)C(=O)[O][Ti]([O]C(=O)CCCCCCCCCCCCCCCCC)([O]C(C)C)[O]C(C)C. The molecule has 7 heteroatoms. The summed E-state index contributed by atoms with van der Waals surface area (Å²) in [5.74, 6) is -1.10. The van der Waals surface area contributed by atoms with E-state index in [-0.39, 0.29) is 24.2 Å². The van der Waals surface area contributed by atoms with E-state index in [1.54, 1.807) is 27.7 Å². The Balaban J connectivity index is 4.14. The van der Waals surface area contributed by atoms with Crippen molar-refractivity contribution in [2.75, 3.05) is 0 Å². The van der Waals surface area contributed by atoms with E-state index in [0.717, 1.165) is 19.3 Å². The molecule has 0 saturated heterocycles. The fraction of sp³-hybridized carbons (Fsp3) is 0.857. The Hall–Kier alpha value is -0.686. The summed E-state index contributed by atoms with van der Waals surface area (Å²) < 4.78 is 22.7. The summed E-state index contributed by atoms with van der Waals surface area (Å²) in [5, 5.41) is 0. The van der Waals surface area contributed by atoms with Crippen molar-refractivity contribution in [1.29, 1.82) is 0 Å². The summed E-state index contributed by atoms with van der Waals surface area (Å²) in [6, 6.07) is 0. The van der Waals surface area contributed by atoms with Crippen molar-refractivity contribution < 1.29 is 41.0 Å². The van der Waals surface area contributed by atoms with Crippen LogP contribution in [-0.2, 0) is 41.0 Å². The van der Waals surface area contributed by atoms with Gasteiger partial charge in [-0.05, 0) is 0 Å². The molecule has 6 nitrogen and oxygen atoms in total. The average molecular weight is 535 g/mol. The van der Waals surface area contributed by atoms with E-state index in [9.17, 15) is 9.59 Å². The van der Waals surface area contributed by atoms with Crippen LogP contribution in [0.3, 0.4) is 0 Å². The molecule has 0 aliphatic rings. The molecule has 0 amide bonds. The van der Waals surface area contributed by atoms with Gasteiger partial charge in [-0.3, -0.25) is 0 Å². The zero-order valence-corrected chi connectivity index (χ0v) is 25.2. The summed E-state index contributed by atoms with van der Waals surface area (Å²) in [6.45, 7) is 14.6. The van der Waals surface area contributed by atoms with Crippen LogP contribution in [0.5, 0.6) is 0 Å².